The molecule has 5 heteroatoms. The third kappa shape index (κ3) is 3.89. The van der Waals surface area contributed by atoms with Crippen LogP contribution >= 0.6 is 0 Å². The highest BCUT2D eigenvalue weighted by Gasteiger charge is 2.41. The minimum absolute atomic E-state index is 0.0792. The molecule has 1 saturated heterocycles. The fraction of sp³-hybridized carbons (Fsp3) is 0.846. The van der Waals surface area contributed by atoms with Crippen molar-refractivity contribution in [3.63, 3.8) is 0 Å². The Morgan fingerprint density at radius 1 is 1.39 bits per heavy atom. The molecule has 0 aliphatic carbocycles. The highest BCUT2D eigenvalue weighted by molar-refractivity contribution is 5.70. The molecule has 0 aromatic carbocycles. The molecule has 1 N–H and O–H groups in total. The van der Waals surface area contributed by atoms with Gasteiger partial charge in [-0.3, -0.25) is 4.79 Å². The van der Waals surface area contributed by atoms with Crippen LogP contribution in [0.5, 0.6) is 0 Å². The van der Waals surface area contributed by atoms with Gasteiger partial charge in [0.1, 0.15) is 5.60 Å². The maximum atomic E-state index is 12.1. The molecule has 0 aromatic heterocycles. The van der Waals surface area contributed by atoms with E-state index in [1.165, 1.54) is 0 Å². The van der Waals surface area contributed by atoms with Crippen molar-refractivity contribution in [1.82, 2.24) is 4.90 Å². The molecule has 0 bridgehead atoms. The number of carbonyl (C=O) groups excluding carboxylic acids is 1. The van der Waals surface area contributed by atoms with Crippen LogP contribution in [0.15, 0.2) is 0 Å². The molecule has 1 heterocycles. The summed E-state index contributed by atoms with van der Waals surface area (Å²) in [5.74, 6) is -0.827. The van der Waals surface area contributed by atoms with Crippen molar-refractivity contribution < 1.29 is 19.4 Å². The molecule has 104 valence electrons. The second kappa shape index (κ2) is 5.16. The first-order valence-electron chi connectivity index (χ1n) is 6.36. The number of nitrogens with zero attached hydrogens (tertiary/aromatic N) is 1. The van der Waals surface area contributed by atoms with Gasteiger partial charge < -0.3 is 14.7 Å². The van der Waals surface area contributed by atoms with Gasteiger partial charge in [-0.2, -0.15) is 0 Å². The minimum atomic E-state index is -0.827. The SMILES string of the molecule is CC(C)(C)OC(=O)N1CCC[C@@]1(C)CCC(=O)O. The van der Waals surface area contributed by atoms with Crippen LogP contribution in [0.3, 0.4) is 0 Å². The Labute approximate surface area is 108 Å². The smallest absolute Gasteiger partial charge is 0.410 e. The summed E-state index contributed by atoms with van der Waals surface area (Å²) in [5.41, 5.74) is -0.909. The molecule has 0 aromatic rings. The van der Waals surface area contributed by atoms with E-state index in [-0.39, 0.29) is 18.1 Å². The van der Waals surface area contributed by atoms with Crippen LogP contribution in [0, 0.1) is 0 Å². The lowest BCUT2D eigenvalue weighted by Crippen LogP contribution is -2.47. The first-order chi connectivity index (χ1) is 8.14. The zero-order chi connectivity index (χ0) is 14.0. The number of hydrogen-bond donors (Lipinski definition) is 1. The maximum absolute atomic E-state index is 12.1. The van der Waals surface area contributed by atoms with Gasteiger partial charge in [-0.15, -0.1) is 0 Å². The monoisotopic (exact) mass is 257 g/mol. The van der Waals surface area contributed by atoms with Crippen molar-refractivity contribution in [2.24, 2.45) is 0 Å². The predicted molar refractivity (Wildman–Crippen MR) is 67.4 cm³/mol. The van der Waals surface area contributed by atoms with Gasteiger partial charge in [0.2, 0.25) is 0 Å². The van der Waals surface area contributed by atoms with E-state index in [0.717, 1.165) is 12.8 Å². The first-order valence-corrected chi connectivity index (χ1v) is 6.36. The number of hydrogen-bond acceptors (Lipinski definition) is 3. The van der Waals surface area contributed by atoms with Crippen LogP contribution in [0.4, 0.5) is 4.79 Å². The van der Waals surface area contributed by atoms with E-state index in [0.29, 0.717) is 13.0 Å². The van der Waals surface area contributed by atoms with Crippen molar-refractivity contribution in [1.29, 1.82) is 0 Å². The van der Waals surface area contributed by atoms with Crippen LogP contribution in [0.2, 0.25) is 0 Å². The summed E-state index contributed by atoms with van der Waals surface area (Å²) < 4.78 is 5.36. The third-order valence-corrected chi connectivity index (χ3v) is 3.24. The molecule has 0 radical (unpaired) electrons. The molecule has 1 atom stereocenters. The van der Waals surface area contributed by atoms with Crippen LogP contribution in [0.1, 0.15) is 53.4 Å². The zero-order valence-corrected chi connectivity index (χ0v) is 11.7. The lowest BCUT2D eigenvalue weighted by molar-refractivity contribution is -0.137. The molecule has 1 rings (SSSR count). The molecule has 1 amide bonds. The lowest BCUT2D eigenvalue weighted by atomic mass is 9.93. The molecule has 1 fully saturated rings. The Bertz CT molecular complexity index is 334. The molecule has 1 aliphatic rings. The Morgan fingerprint density at radius 3 is 2.50 bits per heavy atom. The van der Waals surface area contributed by atoms with E-state index in [1.54, 1.807) is 4.90 Å². The Morgan fingerprint density at radius 2 is 2.00 bits per heavy atom. The fourth-order valence-corrected chi connectivity index (χ4v) is 2.29. The number of carboxylic acid groups (broad SMARTS) is 1. The van der Waals surface area contributed by atoms with Crippen molar-refractivity contribution in [3.8, 4) is 0 Å². The summed E-state index contributed by atoms with van der Waals surface area (Å²) in [4.78, 5) is 24.4. The quantitative estimate of drug-likeness (QED) is 0.844. The Kier molecular flexibility index (Phi) is 4.24. The topological polar surface area (TPSA) is 66.8 Å². The second-order valence-electron chi connectivity index (χ2n) is 6.13. The summed E-state index contributed by atoms with van der Waals surface area (Å²) in [6.45, 7) is 8.07. The van der Waals surface area contributed by atoms with Gasteiger partial charge in [0.15, 0.2) is 0 Å². The molecule has 0 spiro atoms. The highest BCUT2D eigenvalue weighted by atomic mass is 16.6. The van der Waals surface area contributed by atoms with Gasteiger partial charge in [0.05, 0.1) is 0 Å². The van der Waals surface area contributed by atoms with Crippen LogP contribution < -0.4 is 0 Å². The lowest BCUT2D eigenvalue weighted by Gasteiger charge is -2.36. The average Bonchev–Trinajstić information content (AvgIpc) is 2.55. The van der Waals surface area contributed by atoms with Crippen molar-refractivity contribution in [2.75, 3.05) is 6.54 Å². The molecular weight excluding hydrogens is 234 g/mol. The summed E-state index contributed by atoms with van der Waals surface area (Å²) >= 11 is 0. The fourth-order valence-electron chi connectivity index (χ4n) is 2.29. The van der Waals surface area contributed by atoms with E-state index >= 15 is 0 Å². The van der Waals surface area contributed by atoms with Gasteiger partial charge in [-0.05, 0) is 47.0 Å². The van der Waals surface area contributed by atoms with Gasteiger partial charge >= 0.3 is 12.1 Å². The second-order valence-corrected chi connectivity index (χ2v) is 6.13. The van der Waals surface area contributed by atoms with E-state index in [1.807, 2.05) is 27.7 Å². The summed E-state index contributed by atoms with van der Waals surface area (Å²) in [5, 5.41) is 8.76. The normalized spacial score (nSPS) is 24.1. The van der Waals surface area contributed by atoms with E-state index in [2.05, 4.69) is 0 Å². The molecule has 5 nitrogen and oxygen atoms in total. The van der Waals surface area contributed by atoms with Gasteiger partial charge in [-0.1, -0.05) is 0 Å². The summed E-state index contributed by atoms with van der Waals surface area (Å²) in [6, 6.07) is 0. The van der Waals surface area contributed by atoms with Crippen molar-refractivity contribution >= 4 is 12.1 Å². The standard InChI is InChI=1S/C13H23NO4/c1-12(2,3)18-11(17)14-9-5-7-13(14,4)8-6-10(15)16/h5-9H2,1-4H3,(H,15,16)/t13-/m0/s1. The van der Waals surface area contributed by atoms with Crippen molar-refractivity contribution in [3.05, 3.63) is 0 Å². The molecular formula is C13H23NO4. The molecule has 0 saturated carbocycles. The summed E-state index contributed by atoms with van der Waals surface area (Å²) in [6.07, 6.45) is 1.94. The Hall–Kier alpha value is -1.26. The van der Waals surface area contributed by atoms with Gasteiger partial charge in [-0.25, -0.2) is 4.79 Å². The molecule has 0 unspecified atom stereocenters. The maximum Gasteiger partial charge on any atom is 0.410 e. The largest absolute Gasteiger partial charge is 0.481 e. The summed E-state index contributed by atoms with van der Waals surface area (Å²) in [7, 11) is 0. The van der Waals surface area contributed by atoms with E-state index in [9.17, 15) is 9.59 Å². The van der Waals surface area contributed by atoms with Crippen LogP contribution in [-0.2, 0) is 9.53 Å². The van der Waals surface area contributed by atoms with Gasteiger partial charge in [0.25, 0.3) is 0 Å². The molecule has 18 heavy (non-hydrogen) atoms. The molecule has 1 aliphatic heterocycles. The first kappa shape index (κ1) is 14.8. The minimum Gasteiger partial charge on any atom is -0.481 e. The van der Waals surface area contributed by atoms with Crippen LogP contribution in [0.25, 0.3) is 0 Å². The predicted octanol–water partition coefficient (Wildman–Crippen LogP) is 2.64. The van der Waals surface area contributed by atoms with E-state index in [4.69, 9.17) is 9.84 Å². The van der Waals surface area contributed by atoms with E-state index < -0.39 is 11.6 Å². The zero-order valence-electron chi connectivity index (χ0n) is 11.7. The number of carbonyl (C=O) groups is 2. The number of carboxylic acids is 1. The third-order valence-electron chi connectivity index (χ3n) is 3.24. The van der Waals surface area contributed by atoms with Crippen molar-refractivity contribution in [2.45, 2.75) is 64.5 Å². The number of amides is 1. The Balaban J connectivity index is 2.68. The highest BCUT2D eigenvalue weighted by Crippen LogP contribution is 2.34. The number of ether oxygens (including phenoxy) is 1. The number of aliphatic carboxylic acids is 1. The van der Waals surface area contributed by atoms with Crippen LogP contribution in [-0.4, -0.2) is 39.8 Å². The number of rotatable bonds is 3. The number of likely N-dealkylation sites (tertiary alicyclic amines) is 1. The average molecular weight is 257 g/mol. The van der Waals surface area contributed by atoms with Gasteiger partial charge in [0, 0.05) is 18.5 Å².